The summed E-state index contributed by atoms with van der Waals surface area (Å²) in [5, 5.41) is 2.50. The molecule has 5 aromatic rings. The lowest BCUT2D eigenvalue weighted by Gasteiger charge is -2.10. The van der Waals surface area contributed by atoms with Crippen molar-refractivity contribution in [1.82, 2.24) is 4.98 Å². The van der Waals surface area contributed by atoms with Crippen molar-refractivity contribution in [2.24, 2.45) is 5.92 Å². The highest BCUT2D eigenvalue weighted by atomic mass is 32.1. The van der Waals surface area contributed by atoms with Gasteiger partial charge in [0.05, 0.1) is 5.69 Å². The van der Waals surface area contributed by atoms with Gasteiger partial charge in [-0.1, -0.05) is 62.1 Å². The van der Waals surface area contributed by atoms with Crippen molar-refractivity contribution in [2.75, 3.05) is 0 Å². The number of benzene rings is 3. The number of aromatic nitrogens is 1. The second-order valence-corrected chi connectivity index (χ2v) is 9.96. The van der Waals surface area contributed by atoms with Crippen LogP contribution in [0.4, 0.5) is 4.39 Å². The van der Waals surface area contributed by atoms with Gasteiger partial charge in [0.2, 0.25) is 0 Å². The molecular weight excluding hydrogens is 413 g/mol. The smallest absolute Gasteiger partial charge is 0.123 e. The normalized spacial score (nSPS) is 14.5. The summed E-state index contributed by atoms with van der Waals surface area (Å²) < 4.78 is 15.9. The number of hydrogen-bond acceptors (Lipinski definition) is 2. The summed E-state index contributed by atoms with van der Waals surface area (Å²) in [5.41, 5.74) is 5.82. The van der Waals surface area contributed by atoms with Crippen molar-refractivity contribution in [3.05, 3.63) is 90.4 Å². The van der Waals surface area contributed by atoms with Crippen LogP contribution in [-0.4, -0.2) is 4.98 Å². The Labute approximate surface area is 191 Å². The Balaban J connectivity index is 1.43. The largest absolute Gasteiger partial charge is 0.256 e. The molecule has 6 rings (SSSR count). The van der Waals surface area contributed by atoms with E-state index in [1.165, 1.54) is 75.5 Å². The fourth-order valence-electron chi connectivity index (χ4n) is 5.12. The van der Waals surface area contributed by atoms with E-state index in [4.69, 9.17) is 4.98 Å². The number of nitrogens with zero attached hydrogens (tertiary/aromatic N) is 1. The van der Waals surface area contributed by atoms with Gasteiger partial charge in [-0.3, -0.25) is 4.98 Å². The van der Waals surface area contributed by atoms with Crippen molar-refractivity contribution >= 4 is 31.5 Å². The molecule has 0 amide bonds. The van der Waals surface area contributed by atoms with E-state index < -0.39 is 0 Å². The average molecular weight is 438 g/mol. The highest BCUT2D eigenvalue weighted by molar-refractivity contribution is 7.26. The van der Waals surface area contributed by atoms with Crippen LogP contribution in [0.5, 0.6) is 0 Å². The van der Waals surface area contributed by atoms with E-state index in [0.717, 1.165) is 22.7 Å². The number of hydrogen-bond donors (Lipinski definition) is 0. The molecular formula is C29H24FNS. The summed E-state index contributed by atoms with van der Waals surface area (Å²) in [7, 11) is 0. The van der Waals surface area contributed by atoms with Gasteiger partial charge >= 0.3 is 0 Å². The number of pyridine rings is 1. The van der Waals surface area contributed by atoms with Gasteiger partial charge in [0, 0.05) is 31.9 Å². The van der Waals surface area contributed by atoms with Crippen LogP contribution in [0.3, 0.4) is 0 Å². The molecule has 1 aliphatic carbocycles. The van der Waals surface area contributed by atoms with Crippen LogP contribution < -0.4 is 0 Å². The van der Waals surface area contributed by atoms with Crippen molar-refractivity contribution in [3.8, 4) is 22.4 Å². The SMILES string of the molecule is Fc1ccc(-c2ccc3sc4c(-c5cc(CC6CCCC6)ccn5)cccc4c3c2)cc1. The molecule has 1 saturated carbocycles. The Hall–Kier alpha value is -3.04. The molecule has 32 heavy (non-hydrogen) atoms. The van der Waals surface area contributed by atoms with Gasteiger partial charge in [0.25, 0.3) is 0 Å². The van der Waals surface area contributed by atoms with Crippen LogP contribution in [0, 0.1) is 11.7 Å². The highest BCUT2D eigenvalue weighted by Crippen LogP contribution is 2.41. The molecule has 0 unspecified atom stereocenters. The molecule has 0 bridgehead atoms. The molecule has 1 fully saturated rings. The van der Waals surface area contributed by atoms with E-state index in [-0.39, 0.29) is 5.82 Å². The van der Waals surface area contributed by atoms with Crippen LogP contribution in [0.15, 0.2) is 79.0 Å². The first-order valence-electron chi connectivity index (χ1n) is 11.4. The van der Waals surface area contributed by atoms with Gasteiger partial charge in [0.15, 0.2) is 0 Å². The maximum atomic E-state index is 13.4. The first kappa shape index (κ1) is 19.6. The fourth-order valence-corrected chi connectivity index (χ4v) is 6.32. The summed E-state index contributed by atoms with van der Waals surface area (Å²) in [5.74, 6) is 0.623. The maximum Gasteiger partial charge on any atom is 0.123 e. The molecule has 2 heterocycles. The Bertz CT molecular complexity index is 1410. The molecule has 0 atom stereocenters. The molecule has 0 aliphatic heterocycles. The van der Waals surface area contributed by atoms with Crippen LogP contribution in [0.1, 0.15) is 31.2 Å². The summed E-state index contributed by atoms with van der Waals surface area (Å²) in [6.45, 7) is 0. The van der Waals surface area contributed by atoms with Crippen LogP contribution in [-0.2, 0) is 6.42 Å². The zero-order valence-corrected chi connectivity index (χ0v) is 18.7. The van der Waals surface area contributed by atoms with Crippen LogP contribution in [0.2, 0.25) is 0 Å². The highest BCUT2D eigenvalue weighted by Gasteiger charge is 2.17. The third-order valence-electron chi connectivity index (χ3n) is 6.77. The van der Waals surface area contributed by atoms with E-state index in [0.29, 0.717) is 0 Å². The van der Waals surface area contributed by atoms with Crippen molar-refractivity contribution in [2.45, 2.75) is 32.1 Å². The second-order valence-electron chi connectivity index (χ2n) is 8.91. The number of thiophene rings is 1. The minimum absolute atomic E-state index is 0.205. The topological polar surface area (TPSA) is 12.9 Å². The summed E-state index contributed by atoms with van der Waals surface area (Å²) in [6.07, 6.45) is 8.62. The zero-order valence-electron chi connectivity index (χ0n) is 17.9. The molecule has 0 saturated heterocycles. The van der Waals surface area contributed by atoms with Crippen LogP contribution in [0.25, 0.3) is 42.6 Å². The third kappa shape index (κ3) is 3.61. The lowest BCUT2D eigenvalue weighted by atomic mass is 9.97. The third-order valence-corrected chi connectivity index (χ3v) is 7.99. The van der Waals surface area contributed by atoms with Crippen LogP contribution >= 0.6 is 11.3 Å². The molecule has 1 aliphatic rings. The van der Waals surface area contributed by atoms with E-state index in [1.54, 1.807) is 0 Å². The molecule has 3 heteroatoms. The maximum absolute atomic E-state index is 13.4. The van der Waals surface area contributed by atoms with E-state index in [2.05, 4.69) is 48.5 Å². The summed E-state index contributed by atoms with van der Waals surface area (Å²) in [4.78, 5) is 4.75. The first-order chi connectivity index (χ1) is 15.7. The average Bonchev–Trinajstić information content (AvgIpc) is 3.47. The molecule has 1 nitrogen and oxygen atoms in total. The standard InChI is InChI=1S/C29H24FNS/c30-23-11-8-21(9-12-23)22-10-13-28-26(18-22)24-6-3-7-25(29(24)32-28)27-17-20(14-15-31-27)16-19-4-1-2-5-19/h3,6-15,17-19H,1-2,4-5,16H2. The Morgan fingerprint density at radius 3 is 2.50 bits per heavy atom. The summed E-state index contributed by atoms with van der Waals surface area (Å²) >= 11 is 1.83. The Kier molecular flexibility index (Phi) is 4.99. The monoisotopic (exact) mass is 437 g/mol. The van der Waals surface area contributed by atoms with Gasteiger partial charge in [-0.25, -0.2) is 4.39 Å². The Morgan fingerprint density at radius 2 is 1.66 bits per heavy atom. The zero-order chi connectivity index (χ0) is 21.5. The predicted octanol–water partition coefficient (Wildman–Crippen LogP) is 8.66. The molecule has 0 N–H and O–H groups in total. The molecule has 3 aromatic carbocycles. The van der Waals surface area contributed by atoms with Gasteiger partial charge in [0.1, 0.15) is 5.82 Å². The van der Waals surface area contributed by atoms with E-state index in [9.17, 15) is 4.39 Å². The molecule has 2 aromatic heterocycles. The number of halogens is 1. The first-order valence-corrected chi connectivity index (χ1v) is 12.2. The van der Waals surface area contributed by atoms with Gasteiger partial charge < -0.3 is 0 Å². The quantitative estimate of drug-likeness (QED) is 0.274. The molecule has 0 radical (unpaired) electrons. The number of fused-ring (bicyclic) bond motifs is 3. The van der Waals surface area contributed by atoms with Crippen molar-refractivity contribution in [3.63, 3.8) is 0 Å². The van der Waals surface area contributed by atoms with Crippen molar-refractivity contribution in [1.29, 1.82) is 0 Å². The second kappa shape index (κ2) is 8.14. The number of rotatable bonds is 4. The van der Waals surface area contributed by atoms with Gasteiger partial charge in [-0.15, -0.1) is 11.3 Å². The lowest BCUT2D eigenvalue weighted by molar-refractivity contribution is 0.546. The van der Waals surface area contributed by atoms with E-state index >= 15 is 0 Å². The minimum atomic E-state index is -0.205. The van der Waals surface area contributed by atoms with E-state index in [1.807, 2.05) is 29.7 Å². The predicted molar refractivity (Wildman–Crippen MR) is 134 cm³/mol. The molecule has 0 spiro atoms. The minimum Gasteiger partial charge on any atom is -0.256 e. The fraction of sp³-hybridized carbons (Fsp3) is 0.207. The lowest BCUT2D eigenvalue weighted by Crippen LogP contribution is -1.99. The van der Waals surface area contributed by atoms with Gasteiger partial charge in [-0.05, 0) is 65.4 Å². The van der Waals surface area contributed by atoms with Gasteiger partial charge in [-0.2, -0.15) is 0 Å². The van der Waals surface area contributed by atoms with Crippen molar-refractivity contribution < 1.29 is 4.39 Å². The molecule has 158 valence electrons. The summed E-state index contributed by atoms with van der Waals surface area (Å²) in [6, 6.07) is 24.3. The Morgan fingerprint density at radius 1 is 0.844 bits per heavy atom.